The number of fused-ring (bicyclic) bond motifs is 13. The van der Waals surface area contributed by atoms with Crippen LogP contribution in [0.5, 0.6) is 0 Å². The van der Waals surface area contributed by atoms with Crippen molar-refractivity contribution in [1.82, 2.24) is 4.57 Å². The SMILES string of the molecule is c1ccc(-c2ccc(N(c3ccc(-n4c5ccccc5c5c6c7ccccc7ccc6c6ccccc6c54)cc3)c3cccc4c3sc3ccccc34)cc2)cc1. The first-order valence-corrected chi connectivity index (χ1v) is 20.3. The second-order valence-corrected chi connectivity index (χ2v) is 15.9. The first kappa shape index (κ1) is 32.1. The summed E-state index contributed by atoms with van der Waals surface area (Å²) in [5, 5.41) is 12.8. The molecule has 266 valence electrons. The Bertz CT molecular complexity index is 3500. The average Bonchev–Trinajstić information content (AvgIpc) is 3.84. The van der Waals surface area contributed by atoms with Gasteiger partial charge in [0, 0.05) is 54.1 Å². The molecule has 0 amide bonds. The van der Waals surface area contributed by atoms with Crippen molar-refractivity contribution in [2.45, 2.75) is 0 Å². The predicted molar refractivity (Wildman–Crippen MR) is 246 cm³/mol. The molecule has 2 heterocycles. The van der Waals surface area contributed by atoms with E-state index in [9.17, 15) is 0 Å². The van der Waals surface area contributed by atoms with Gasteiger partial charge in [0.05, 0.1) is 21.4 Å². The monoisotopic (exact) mass is 742 g/mol. The van der Waals surface area contributed by atoms with Crippen molar-refractivity contribution in [1.29, 1.82) is 0 Å². The van der Waals surface area contributed by atoms with Gasteiger partial charge < -0.3 is 9.47 Å². The van der Waals surface area contributed by atoms with Crippen LogP contribution in [0.15, 0.2) is 206 Å². The van der Waals surface area contributed by atoms with Crippen LogP contribution in [0.4, 0.5) is 17.1 Å². The Morgan fingerprint density at radius 3 is 1.79 bits per heavy atom. The molecule has 0 aliphatic carbocycles. The number of nitrogens with zero attached hydrogens (tertiary/aromatic N) is 2. The van der Waals surface area contributed by atoms with E-state index in [1.54, 1.807) is 0 Å². The Morgan fingerprint density at radius 1 is 0.368 bits per heavy atom. The summed E-state index contributed by atoms with van der Waals surface area (Å²) in [5.41, 5.74) is 9.40. The molecule has 12 rings (SSSR count). The van der Waals surface area contributed by atoms with Crippen molar-refractivity contribution in [3.05, 3.63) is 206 Å². The minimum atomic E-state index is 1.11. The highest BCUT2D eigenvalue weighted by atomic mass is 32.1. The molecule has 2 aromatic heterocycles. The van der Waals surface area contributed by atoms with Gasteiger partial charge >= 0.3 is 0 Å². The topological polar surface area (TPSA) is 8.17 Å². The van der Waals surface area contributed by atoms with Gasteiger partial charge in [-0.1, -0.05) is 152 Å². The summed E-state index contributed by atoms with van der Waals surface area (Å²) in [5.74, 6) is 0. The van der Waals surface area contributed by atoms with E-state index in [1.807, 2.05) is 11.3 Å². The molecule has 0 spiro atoms. The number of benzene rings is 10. The second kappa shape index (κ2) is 12.7. The van der Waals surface area contributed by atoms with Gasteiger partial charge in [-0.25, -0.2) is 0 Å². The Hall–Kier alpha value is -7.20. The fourth-order valence-corrected chi connectivity index (χ4v) is 10.4. The van der Waals surface area contributed by atoms with Crippen LogP contribution in [-0.2, 0) is 0 Å². The highest BCUT2D eigenvalue weighted by molar-refractivity contribution is 7.26. The third-order valence-electron chi connectivity index (χ3n) is 11.7. The van der Waals surface area contributed by atoms with Gasteiger partial charge in [-0.2, -0.15) is 0 Å². The van der Waals surface area contributed by atoms with Gasteiger partial charge in [-0.15, -0.1) is 11.3 Å². The van der Waals surface area contributed by atoms with E-state index in [0.717, 1.165) is 17.1 Å². The lowest BCUT2D eigenvalue weighted by atomic mass is 9.93. The number of aromatic nitrogens is 1. The van der Waals surface area contributed by atoms with Crippen LogP contribution in [0.25, 0.3) is 91.1 Å². The molecule has 2 nitrogen and oxygen atoms in total. The van der Waals surface area contributed by atoms with Crippen LogP contribution in [0.2, 0.25) is 0 Å². The van der Waals surface area contributed by atoms with E-state index in [0.29, 0.717) is 0 Å². The van der Waals surface area contributed by atoms with Crippen molar-refractivity contribution in [2.24, 2.45) is 0 Å². The molecule has 3 heteroatoms. The maximum Gasteiger partial charge on any atom is 0.0640 e. The maximum atomic E-state index is 2.49. The third kappa shape index (κ3) is 4.89. The summed E-state index contributed by atoms with van der Waals surface area (Å²) >= 11 is 1.87. The zero-order chi connectivity index (χ0) is 37.5. The number of hydrogen-bond donors (Lipinski definition) is 0. The molecule has 0 fully saturated rings. The molecule has 0 radical (unpaired) electrons. The highest BCUT2D eigenvalue weighted by Crippen LogP contribution is 2.47. The van der Waals surface area contributed by atoms with Crippen molar-refractivity contribution < 1.29 is 0 Å². The van der Waals surface area contributed by atoms with Crippen LogP contribution in [0, 0.1) is 0 Å². The number of anilines is 3. The second-order valence-electron chi connectivity index (χ2n) is 14.8. The smallest absolute Gasteiger partial charge is 0.0640 e. The Labute approximate surface area is 333 Å². The summed E-state index contributed by atoms with van der Waals surface area (Å²) in [4.78, 5) is 2.43. The molecule has 0 atom stereocenters. The molecule has 0 saturated heterocycles. The number of hydrogen-bond acceptors (Lipinski definition) is 2. The molecule has 0 N–H and O–H groups in total. The van der Waals surface area contributed by atoms with Crippen LogP contribution >= 0.6 is 11.3 Å². The first-order chi connectivity index (χ1) is 28.3. The summed E-state index contributed by atoms with van der Waals surface area (Å²) in [6.07, 6.45) is 0. The minimum absolute atomic E-state index is 1.11. The van der Waals surface area contributed by atoms with Crippen molar-refractivity contribution >= 4 is 103 Å². The summed E-state index contributed by atoms with van der Waals surface area (Å²) in [7, 11) is 0. The van der Waals surface area contributed by atoms with Crippen molar-refractivity contribution in [3.8, 4) is 16.8 Å². The molecule has 0 unspecified atom stereocenters. The fourth-order valence-electron chi connectivity index (χ4n) is 9.23. The Kier molecular flexibility index (Phi) is 7.13. The minimum Gasteiger partial charge on any atom is -0.309 e. The fraction of sp³-hybridized carbons (Fsp3) is 0. The van der Waals surface area contributed by atoms with Crippen LogP contribution in [0.1, 0.15) is 0 Å². The molecular weight excluding hydrogens is 709 g/mol. The molecular formula is C54H34N2S. The van der Waals surface area contributed by atoms with Gasteiger partial charge in [0.25, 0.3) is 0 Å². The zero-order valence-electron chi connectivity index (χ0n) is 30.9. The van der Waals surface area contributed by atoms with E-state index in [1.165, 1.54) is 91.1 Å². The molecule has 0 saturated carbocycles. The summed E-state index contributed by atoms with van der Waals surface area (Å²) in [6.45, 7) is 0. The standard InChI is InChI=1S/C54H34N2S/c1-2-13-35(14-3-1)36-25-28-38(29-26-36)55(49-23-12-21-46-43-18-9-11-24-50(43)57-54(46)49)39-30-32-40(33-31-39)56-48-22-10-8-20-47(48)52-51-41-16-5-4-15-37(41)27-34-44(51)42-17-6-7-19-45(42)53(52)56/h1-34H. The molecule has 12 aromatic rings. The van der Waals surface area contributed by atoms with Gasteiger partial charge in [-0.05, 0) is 87.3 Å². The lowest BCUT2D eigenvalue weighted by molar-refractivity contribution is 1.18. The third-order valence-corrected chi connectivity index (χ3v) is 13.0. The Morgan fingerprint density at radius 2 is 0.982 bits per heavy atom. The molecule has 0 aliphatic heterocycles. The van der Waals surface area contributed by atoms with E-state index < -0.39 is 0 Å². The van der Waals surface area contributed by atoms with Crippen molar-refractivity contribution in [2.75, 3.05) is 4.90 Å². The quantitative estimate of drug-likeness (QED) is 0.159. The zero-order valence-corrected chi connectivity index (χ0v) is 31.7. The summed E-state index contributed by atoms with van der Waals surface area (Å²) in [6, 6.07) is 75.6. The normalized spacial score (nSPS) is 11.9. The summed E-state index contributed by atoms with van der Waals surface area (Å²) < 4.78 is 5.07. The van der Waals surface area contributed by atoms with Gasteiger partial charge in [0.2, 0.25) is 0 Å². The number of para-hydroxylation sites is 1. The molecule has 0 bridgehead atoms. The van der Waals surface area contributed by atoms with E-state index in [2.05, 4.69) is 216 Å². The van der Waals surface area contributed by atoms with Crippen LogP contribution < -0.4 is 4.90 Å². The van der Waals surface area contributed by atoms with Crippen LogP contribution in [-0.4, -0.2) is 4.57 Å². The van der Waals surface area contributed by atoms with Gasteiger partial charge in [-0.3, -0.25) is 0 Å². The van der Waals surface area contributed by atoms with Gasteiger partial charge in [0.1, 0.15) is 0 Å². The van der Waals surface area contributed by atoms with E-state index in [4.69, 9.17) is 0 Å². The van der Waals surface area contributed by atoms with E-state index in [-0.39, 0.29) is 0 Å². The number of rotatable bonds is 5. The highest BCUT2D eigenvalue weighted by Gasteiger charge is 2.22. The number of thiophene rings is 1. The lowest BCUT2D eigenvalue weighted by Crippen LogP contribution is -2.10. The van der Waals surface area contributed by atoms with Crippen molar-refractivity contribution in [3.63, 3.8) is 0 Å². The maximum absolute atomic E-state index is 2.49. The first-order valence-electron chi connectivity index (χ1n) is 19.5. The van der Waals surface area contributed by atoms with E-state index >= 15 is 0 Å². The lowest BCUT2D eigenvalue weighted by Gasteiger charge is -2.26. The molecule has 0 aliphatic rings. The van der Waals surface area contributed by atoms with Gasteiger partial charge in [0.15, 0.2) is 0 Å². The average molecular weight is 743 g/mol. The Balaban J connectivity index is 1.09. The predicted octanol–water partition coefficient (Wildman–Crippen LogP) is 15.7. The van der Waals surface area contributed by atoms with Crippen LogP contribution in [0.3, 0.4) is 0 Å². The molecule has 57 heavy (non-hydrogen) atoms. The largest absolute Gasteiger partial charge is 0.309 e. The molecule has 10 aromatic carbocycles.